The van der Waals surface area contributed by atoms with E-state index in [1.54, 1.807) is 0 Å². The lowest BCUT2D eigenvalue weighted by molar-refractivity contribution is 0.136. The first kappa shape index (κ1) is 17.3. The molecule has 1 aliphatic heterocycles. The largest absolute Gasteiger partial charge is 0.338 e. The molecule has 0 atom stereocenters. The van der Waals surface area contributed by atoms with Crippen molar-refractivity contribution >= 4 is 6.03 Å². The molecule has 0 radical (unpaired) electrons. The molecule has 4 heteroatoms. The molecule has 1 saturated heterocycles. The maximum atomic E-state index is 12.2. The summed E-state index contributed by atoms with van der Waals surface area (Å²) < 4.78 is 0. The molecule has 2 amide bonds. The highest BCUT2D eigenvalue weighted by Crippen LogP contribution is 2.19. The Morgan fingerprint density at radius 1 is 1.23 bits per heavy atom. The summed E-state index contributed by atoms with van der Waals surface area (Å²) in [5.41, 5.74) is 1.53. The minimum absolute atomic E-state index is 0.125. The van der Waals surface area contributed by atoms with Crippen molar-refractivity contribution in [2.75, 3.05) is 39.3 Å². The summed E-state index contributed by atoms with van der Waals surface area (Å²) in [4.78, 5) is 16.6. The molecular weight excluding hydrogens is 274 g/mol. The van der Waals surface area contributed by atoms with Crippen molar-refractivity contribution in [2.45, 2.75) is 52.4 Å². The monoisotopic (exact) mass is 307 g/mol. The number of nitrogens with zero attached hydrogens (tertiary/aromatic N) is 2. The van der Waals surface area contributed by atoms with Crippen LogP contribution < -0.4 is 5.32 Å². The first-order chi connectivity index (χ1) is 10.6. The van der Waals surface area contributed by atoms with Gasteiger partial charge in [-0.1, -0.05) is 25.5 Å². The highest BCUT2D eigenvalue weighted by Gasteiger charge is 2.20. The maximum Gasteiger partial charge on any atom is 0.317 e. The van der Waals surface area contributed by atoms with Crippen molar-refractivity contribution in [3.8, 4) is 0 Å². The lowest BCUT2D eigenvalue weighted by Gasteiger charge is -2.35. The molecule has 1 N–H and O–H groups in total. The fraction of sp³-hybridized carbons (Fsp3) is 0.833. The molecule has 0 bridgehead atoms. The zero-order chi connectivity index (χ0) is 15.8. The number of carbonyl (C=O) groups excluding carboxylic acids is 1. The van der Waals surface area contributed by atoms with E-state index in [-0.39, 0.29) is 6.03 Å². The minimum Gasteiger partial charge on any atom is -0.338 e. The molecule has 22 heavy (non-hydrogen) atoms. The van der Waals surface area contributed by atoms with E-state index >= 15 is 0 Å². The number of hydrogen-bond donors (Lipinski definition) is 1. The van der Waals surface area contributed by atoms with Gasteiger partial charge in [-0.2, -0.15) is 0 Å². The van der Waals surface area contributed by atoms with E-state index < -0.39 is 0 Å². The third-order valence-corrected chi connectivity index (χ3v) is 4.79. The lowest BCUT2D eigenvalue weighted by atomic mass is 9.97. The molecule has 1 aliphatic carbocycles. The van der Waals surface area contributed by atoms with Crippen LogP contribution in [0.5, 0.6) is 0 Å². The molecule has 1 fully saturated rings. The Bertz CT molecular complexity index is 371. The van der Waals surface area contributed by atoms with Crippen LogP contribution >= 0.6 is 0 Å². The molecule has 0 spiro atoms. The third kappa shape index (κ3) is 5.99. The normalized spacial score (nSPS) is 20.1. The van der Waals surface area contributed by atoms with E-state index in [9.17, 15) is 4.79 Å². The molecule has 2 rings (SSSR count). The second kappa shape index (κ2) is 9.19. The Hall–Kier alpha value is -1.03. The van der Waals surface area contributed by atoms with Gasteiger partial charge in [-0.05, 0) is 51.0 Å². The molecule has 0 aromatic heterocycles. The van der Waals surface area contributed by atoms with E-state index in [1.807, 2.05) is 4.90 Å². The van der Waals surface area contributed by atoms with Crippen molar-refractivity contribution in [1.82, 2.24) is 15.1 Å². The smallest absolute Gasteiger partial charge is 0.317 e. The van der Waals surface area contributed by atoms with Crippen LogP contribution in [0.2, 0.25) is 0 Å². The van der Waals surface area contributed by atoms with Crippen LogP contribution in [0.15, 0.2) is 11.6 Å². The van der Waals surface area contributed by atoms with Crippen LogP contribution in [0.25, 0.3) is 0 Å². The predicted molar refractivity (Wildman–Crippen MR) is 92.0 cm³/mol. The quantitative estimate of drug-likeness (QED) is 0.765. The zero-order valence-corrected chi connectivity index (χ0v) is 14.4. The standard InChI is InChI=1S/C18H33N3O/c1-16(2)9-11-20-12-14-21(15-13-20)18(22)19-10-8-17-6-4-3-5-7-17/h6,16H,3-5,7-15H2,1-2H3,(H,19,22). The second-order valence-electron chi connectivity index (χ2n) is 7.10. The molecule has 2 aliphatic rings. The van der Waals surface area contributed by atoms with E-state index in [4.69, 9.17) is 0 Å². The summed E-state index contributed by atoms with van der Waals surface area (Å²) in [6, 6.07) is 0.125. The van der Waals surface area contributed by atoms with Gasteiger partial charge in [0, 0.05) is 32.7 Å². The SMILES string of the molecule is CC(C)CCN1CCN(C(=O)NCCC2=CCCCC2)CC1. The maximum absolute atomic E-state index is 12.2. The summed E-state index contributed by atoms with van der Waals surface area (Å²) in [6.45, 7) is 10.3. The number of rotatable bonds is 6. The van der Waals surface area contributed by atoms with Crippen LogP contribution in [0.1, 0.15) is 52.4 Å². The molecule has 4 nitrogen and oxygen atoms in total. The second-order valence-corrected chi connectivity index (χ2v) is 7.10. The highest BCUT2D eigenvalue weighted by atomic mass is 16.2. The molecule has 0 aromatic rings. The number of carbonyl (C=O) groups is 1. The van der Waals surface area contributed by atoms with Crippen molar-refractivity contribution in [3.05, 3.63) is 11.6 Å². The molecule has 1 heterocycles. The van der Waals surface area contributed by atoms with Crippen LogP contribution in [0, 0.1) is 5.92 Å². The van der Waals surface area contributed by atoms with Gasteiger partial charge in [0.2, 0.25) is 0 Å². The van der Waals surface area contributed by atoms with Crippen molar-refractivity contribution < 1.29 is 4.79 Å². The Morgan fingerprint density at radius 3 is 2.64 bits per heavy atom. The Kier molecular flexibility index (Phi) is 7.23. The van der Waals surface area contributed by atoms with Crippen molar-refractivity contribution in [1.29, 1.82) is 0 Å². The number of amides is 2. The lowest BCUT2D eigenvalue weighted by Crippen LogP contribution is -2.52. The van der Waals surface area contributed by atoms with Crippen molar-refractivity contribution in [3.63, 3.8) is 0 Å². The van der Waals surface area contributed by atoms with Gasteiger partial charge in [0.1, 0.15) is 0 Å². The van der Waals surface area contributed by atoms with Gasteiger partial charge in [-0.25, -0.2) is 4.79 Å². The van der Waals surface area contributed by atoms with Crippen LogP contribution in [-0.4, -0.2) is 55.1 Å². The number of hydrogen-bond acceptors (Lipinski definition) is 2. The fourth-order valence-electron chi connectivity index (χ4n) is 3.19. The van der Waals surface area contributed by atoms with E-state index in [1.165, 1.54) is 44.2 Å². The predicted octanol–water partition coefficient (Wildman–Crippen LogP) is 3.25. The first-order valence-corrected chi connectivity index (χ1v) is 9.08. The molecular formula is C18H33N3O. The number of urea groups is 1. The van der Waals surface area contributed by atoms with E-state index in [2.05, 4.69) is 30.1 Å². The summed E-state index contributed by atoms with van der Waals surface area (Å²) in [5, 5.41) is 3.09. The summed E-state index contributed by atoms with van der Waals surface area (Å²) in [5.74, 6) is 0.760. The fourth-order valence-corrected chi connectivity index (χ4v) is 3.19. The topological polar surface area (TPSA) is 35.6 Å². The molecule has 0 unspecified atom stereocenters. The third-order valence-electron chi connectivity index (χ3n) is 4.79. The van der Waals surface area contributed by atoms with Crippen LogP contribution in [0.3, 0.4) is 0 Å². The average molecular weight is 307 g/mol. The number of allylic oxidation sites excluding steroid dienone is 1. The van der Waals surface area contributed by atoms with Gasteiger partial charge >= 0.3 is 6.03 Å². The molecule has 0 saturated carbocycles. The van der Waals surface area contributed by atoms with Gasteiger partial charge in [-0.15, -0.1) is 0 Å². The summed E-state index contributed by atoms with van der Waals surface area (Å²) in [7, 11) is 0. The van der Waals surface area contributed by atoms with Crippen LogP contribution in [0.4, 0.5) is 4.79 Å². The Balaban J connectivity index is 1.59. The summed E-state index contributed by atoms with van der Waals surface area (Å²) in [6.07, 6.45) is 9.74. The Morgan fingerprint density at radius 2 is 2.00 bits per heavy atom. The minimum atomic E-state index is 0.125. The van der Waals surface area contributed by atoms with Crippen LogP contribution in [-0.2, 0) is 0 Å². The van der Waals surface area contributed by atoms with Gasteiger partial charge in [0.15, 0.2) is 0 Å². The molecule has 0 aromatic carbocycles. The highest BCUT2D eigenvalue weighted by molar-refractivity contribution is 5.74. The van der Waals surface area contributed by atoms with E-state index in [0.29, 0.717) is 0 Å². The zero-order valence-electron chi connectivity index (χ0n) is 14.4. The van der Waals surface area contributed by atoms with Gasteiger partial charge < -0.3 is 10.2 Å². The van der Waals surface area contributed by atoms with Gasteiger partial charge in [-0.3, -0.25) is 4.90 Å². The number of nitrogens with one attached hydrogen (secondary N) is 1. The summed E-state index contributed by atoms with van der Waals surface area (Å²) >= 11 is 0. The molecule has 126 valence electrons. The Labute approximate surface area is 135 Å². The van der Waals surface area contributed by atoms with Crippen molar-refractivity contribution in [2.24, 2.45) is 5.92 Å². The number of piperazine rings is 1. The first-order valence-electron chi connectivity index (χ1n) is 9.08. The van der Waals surface area contributed by atoms with Gasteiger partial charge in [0.05, 0.1) is 0 Å². The van der Waals surface area contributed by atoms with E-state index in [0.717, 1.165) is 45.1 Å². The van der Waals surface area contributed by atoms with Gasteiger partial charge in [0.25, 0.3) is 0 Å². The average Bonchev–Trinajstić information content (AvgIpc) is 2.54.